The number of aliphatic hydroxyl groups excluding tert-OH is 1. The van der Waals surface area contributed by atoms with Gasteiger partial charge in [0.1, 0.15) is 0 Å². The minimum absolute atomic E-state index is 0.0911. The van der Waals surface area contributed by atoms with Gasteiger partial charge in [-0.3, -0.25) is 0 Å². The van der Waals surface area contributed by atoms with Gasteiger partial charge in [0.05, 0.1) is 19.8 Å². The lowest BCUT2D eigenvalue weighted by atomic mass is 10.4. The Morgan fingerprint density at radius 2 is 2.08 bits per heavy atom. The number of rotatable bonds is 4. The first-order valence-corrected chi connectivity index (χ1v) is 4.29. The van der Waals surface area contributed by atoms with Crippen molar-refractivity contribution in [1.82, 2.24) is 0 Å². The van der Waals surface area contributed by atoms with Crippen molar-refractivity contribution < 1.29 is 14.6 Å². The van der Waals surface area contributed by atoms with Gasteiger partial charge >= 0.3 is 0 Å². The highest BCUT2D eigenvalue weighted by atomic mass is 16.5. The molecule has 1 N–H and O–H groups in total. The minimum Gasteiger partial charge on any atom is -0.394 e. The smallest absolute Gasteiger partial charge is 0.0701 e. The van der Waals surface area contributed by atoms with E-state index in [1.54, 1.807) is 6.08 Å². The molecule has 0 radical (unpaired) electrons. The van der Waals surface area contributed by atoms with Gasteiger partial charge in [0.25, 0.3) is 0 Å². The zero-order valence-corrected chi connectivity index (χ0v) is 7.50. The summed E-state index contributed by atoms with van der Waals surface area (Å²) in [5.74, 6) is 0. The summed E-state index contributed by atoms with van der Waals surface area (Å²) in [4.78, 5) is 0. The SMILES string of the molecule is C1CCOC1.C=CCOCCO. The van der Waals surface area contributed by atoms with Crippen LogP contribution in [0, 0.1) is 0 Å². The molecule has 0 bridgehead atoms. The van der Waals surface area contributed by atoms with E-state index in [2.05, 4.69) is 6.58 Å². The summed E-state index contributed by atoms with van der Waals surface area (Å²) in [6.07, 6.45) is 4.20. The summed E-state index contributed by atoms with van der Waals surface area (Å²) < 4.78 is 9.71. The highest BCUT2D eigenvalue weighted by molar-refractivity contribution is 4.63. The van der Waals surface area contributed by atoms with Crippen molar-refractivity contribution in [1.29, 1.82) is 0 Å². The van der Waals surface area contributed by atoms with Gasteiger partial charge < -0.3 is 14.6 Å². The van der Waals surface area contributed by atoms with Gasteiger partial charge in [0, 0.05) is 13.2 Å². The Balaban J connectivity index is 0.000000211. The van der Waals surface area contributed by atoms with E-state index in [0.717, 1.165) is 13.2 Å². The average molecular weight is 174 g/mol. The molecule has 0 atom stereocenters. The van der Waals surface area contributed by atoms with Gasteiger partial charge in [0.15, 0.2) is 0 Å². The lowest BCUT2D eigenvalue weighted by molar-refractivity contribution is 0.112. The molecule has 0 aromatic rings. The Morgan fingerprint density at radius 1 is 1.42 bits per heavy atom. The first kappa shape index (κ1) is 11.6. The molecule has 3 heteroatoms. The molecule has 0 aromatic heterocycles. The largest absolute Gasteiger partial charge is 0.394 e. The Bertz CT molecular complexity index is 82.2. The van der Waals surface area contributed by atoms with E-state index < -0.39 is 0 Å². The highest BCUT2D eigenvalue weighted by Crippen LogP contribution is 1.98. The number of ether oxygens (including phenoxy) is 2. The van der Waals surface area contributed by atoms with Crippen LogP contribution in [0.5, 0.6) is 0 Å². The highest BCUT2D eigenvalue weighted by Gasteiger charge is 1.94. The molecule has 0 saturated carbocycles. The molecule has 1 aliphatic rings. The Kier molecular flexibility index (Phi) is 10.3. The lowest BCUT2D eigenvalue weighted by Gasteiger charge is -1.92. The molecule has 1 saturated heterocycles. The van der Waals surface area contributed by atoms with E-state index >= 15 is 0 Å². The van der Waals surface area contributed by atoms with Crippen LogP contribution < -0.4 is 0 Å². The molecule has 0 spiro atoms. The molecule has 0 amide bonds. The molecule has 0 aliphatic carbocycles. The van der Waals surface area contributed by atoms with Gasteiger partial charge in [-0.15, -0.1) is 6.58 Å². The van der Waals surface area contributed by atoms with Crippen LogP contribution in [0.15, 0.2) is 12.7 Å². The Morgan fingerprint density at radius 3 is 2.42 bits per heavy atom. The summed E-state index contributed by atoms with van der Waals surface area (Å²) in [6.45, 7) is 6.45. The fourth-order valence-electron chi connectivity index (χ4n) is 0.742. The molecule has 12 heavy (non-hydrogen) atoms. The van der Waals surface area contributed by atoms with E-state index in [1.807, 2.05) is 0 Å². The van der Waals surface area contributed by atoms with Crippen molar-refractivity contribution in [2.45, 2.75) is 12.8 Å². The zero-order valence-electron chi connectivity index (χ0n) is 7.50. The minimum atomic E-state index is 0.0911. The van der Waals surface area contributed by atoms with Crippen LogP contribution in [-0.2, 0) is 9.47 Å². The van der Waals surface area contributed by atoms with E-state index in [1.165, 1.54) is 12.8 Å². The van der Waals surface area contributed by atoms with E-state index in [9.17, 15) is 0 Å². The second-order valence-corrected chi connectivity index (χ2v) is 2.41. The van der Waals surface area contributed by atoms with Crippen molar-refractivity contribution in [3.05, 3.63) is 12.7 Å². The molecule has 1 heterocycles. The van der Waals surface area contributed by atoms with E-state index in [0.29, 0.717) is 13.2 Å². The molecule has 1 aliphatic heterocycles. The number of hydrogen-bond donors (Lipinski definition) is 1. The predicted octanol–water partition coefficient (Wildman–Crippen LogP) is 0.978. The van der Waals surface area contributed by atoms with Crippen LogP contribution in [0.4, 0.5) is 0 Å². The third-order valence-corrected chi connectivity index (χ3v) is 1.30. The summed E-state index contributed by atoms with van der Waals surface area (Å²) in [7, 11) is 0. The van der Waals surface area contributed by atoms with Crippen LogP contribution in [0.2, 0.25) is 0 Å². The van der Waals surface area contributed by atoms with Gasteiger partial charge in [0.2, 0.25) is 0 Å². The molecular weight excluding hydrogens is 156 g/mol. The average Bonchev–Trinajstić information content (AvgIpc) is 2.62. The van der Waals surface area contributed by atoms with E-state index in [-0.39, 0.29) is 6.61 Å². The molecule has 72 valence electrons. The fraction of sp³-hybridized carbons (Fsp3) is 0.778. The second-order valence-electron chi connectivity index (χ2n) is 2.41. The predicted molar refractivity (Wildman–Crippen MR) is 48.2 cm³/mol. The number of hydrogen-bond acceptors (Lipinski definition) is 3. The van der Waals surface area contributed by atoms with Gasteiger partial charge in [-0.2, -0.15) is 0 Å². The third kappa shape index (κ3) is 9.62. The summed E-state index contributed by atoms with van der Waals surface area (Å²) in [5.41, 5.74) is 0. The van der Waals surface area contributed by atoms with Crippen LogP contribution in [-0.4, -0.2) is 38.1 Å². The Hall–Kier alpha value is -0.380. The van der Waals surface area contributed by atoms with Crippen molar-refractivity contribution in [2.75, 3.05) is 33.0 Å². The first-order chi connectivity index (χ1) is 5.91. The number of aliphatic hydroxyl groups is 1. The van der Waals surface area contributed by atoms with Gasteiger partial charge in [-0.05, 0) is 12.8 Å². The monoisotopic (exact) mass is 174 g/mol. The van der Waals surface area contributed by atoms with Gasteiger partial charge in [-0.1, -0.05) is 6.08 Å². The zero-order chi connectivity index (χ0) is 9.07. The van der Waals surface area contributed by atoms with Crippen LogP contribution in [0.25, 0.3) is 0 Å². The maximum absolute atomic E-state index is 8.13. The Labute approximate surface area is 74.0 Å². The lowest BCUT2D eigenvalue weighted by Crippen LogP contribution is -1.97. The molecule has 3 nitrogen and oxygen atoms in total. The van der Waals surface area contributed by atoms with Crippen molar-refractivity contribution in [2.24, 2.45) is 0 Å². The molecular formula is C9H18O3. The quantitative estimate of drug-likeness (QED) is 0.510. The third-order valence-electron chi connectivity index (χ3n) is 1.30. The molecule has 1 fully saturated rings. The fourth-order valence-corrected chi connectivity index (χ4v) is 0.742. The molecule has 0 aromatic carbocycles. The van der Waals surface area contributed by atoms with Gasteiger partial charge in [-0.25, -0.2) is 0 Å². The second kappa shape index (κ2) is 10.6. The molecule has 1 rings (SSSR count). The topological polar surface area (TPSA) is 38.7 Å². The maximum Gasteiger partial charge on any atom is 0.0701 e. The van der Waals surface area contributed by atoms with Crippen LogP contribution in [0.1, 0.15) is 12.8 Å². The standard InChI is InChI=1S/C5H10O2.C4H8O/c1-2-4-7-5-3-6;1-2-4-5-3-1/h2,6H,1,3-5H2;1-4H2. The molecule has 0 unspecified atom stereocenters. The summed E-state index contributed by atoms with van der Waals surface area (Å²) in [5, 5.41) is 8.13. The van der Waals surface area contributed by atoms with Crippen LogP contribution >= 0.6 is 0 Å². The summed E-state index contributed by atoms with van der Waals surface area (Å²) >= 11 is 0. The summed E-state index contributed by atoms with van der Waals surface area (Å²) in [6, 6.07) is 0. The van der Waals surface area contributed by atoms with Crippen molar-refractivity contribution in [3.8, 4) is 0 Å². The van der Waals surface area contributed by atoms with Crippen molar-refractivity contribution in [3.63, 3.8) is 0 Å². The van der Waals surface area contributed by atoms with E-state index in [4.69, 9.17) is 14.6 Å². The normalized spacial score (nSPS) is 15.1. The van der Waals surface area contributed by atoms with Crippen molar-refractivity contribution >= 4 is 0 Å². The maximum atomic E-state index is 8.13. The first-order valence-electron chi connectivity index (χ1n) is 4.29. The van der Waals surface area contributed by atoms with Crippen LogP contribution in [0.3, 0.4) is 0 Å².